The van der Waals surface area contributed by atoms with Crippen LogP contribution < -0.4 is 4.72 Å². The fraction of sp³-hybridized carbons (Fsp3) is 0.143. The summed E-state index contributed by atoms with van der Waals surface area (Å²) in [6.45, 7) is -0.356. The van der Waals surface area contributed by atoms with Gasteiger partial charge in [-0.15, -0.1) is 0 Å². The topological polar surface area (TPSA) is 46.2 Å². The van der Waals surface area contributed by atoms with E-state index in [1.54, 1.807) is 0 Å². The molecule has 0 aliphatic heterocycles. The molecule has 0 saturated heterocycles. The number of benzene rings is 2. The molecule has 2 aromatic carbocycles. The Morgan fingerprint density at radius 1 is 1.00 bits per heavy atom. The van der Waals surface area contributed by atoms with E-state index in [2.05, 4.69) is 4.72 Å². The predicted octanol–water partition coefficient (Wildman–Crippen LogP) is 3.32. The third-order valence-corrected chi connectivity index (χ3v) is 4.28. The largest absolute Gasteiger partial charge is 0.416 e. The van der Waals surface area contributed by atoms with Crippen molar-refractivity contribution >= 4 is 10.0 Å². The van der Waals surface area contributed by atoms with Crippen molar-refractivity contribution in [2.75, 3.05) is 0 Å². The summed E-state index contributed by atoms with van der Waals surface area (Å²) < 4.78 is 77.3. The normalized spacial score (nSPS) is 12.4. The van der Waals surface area contributed by atoms with Gasteiger partial charge in [-0.1, -0.05) is 24.3 Å². The van der Waals surface area contributed by atoms with E-state index in [0.29, 0.717) is 6.07 Å². The minimum atomic E-state index is -4.64. The molecule has 22 heavy (non-hydrogen) atoms. The van der Waals surface area contributed by atoms with E-state index in [-0.39, 0.29) is 12.1 Å². The van der Waals surface area contributed by atoms with Gasteiger partial charge in [0.25, 0.3) is 0 Å². The Morgan fingerprint density at radius 2 is 1.68 bits per heavy atom. The van der Waals surface area contributed by atoms with E-state index in [1.165, 1.54) is 18.2 Å². The van der Waals surface area contributed by atoms with Crippen LogP contribution in [-0.2, 0) is 22.7 Å². The maximum atomic E-state index is 13.4. The Morgan fingerprint density at radius 3 is 2.32 bits per heavy atom. The number of nitrogens with one attached hydrogen (secondary N) is 1. The van der Waals surface area contributed by atoms with Crippen LogP contribution in [0.5, 0.6) is 0 Å². The molecule has 0 aromatic heterocycles. The number of rotatable bonds is 4. The molecule has 3 nitrogen and oxygen atoms in total. The molecule has 118 valence electrons. The summed E-state index contributed by atoms with van der Waals surface area (Å²) in [4.78, 5) is -0.529. The Balaban J connectivity index is 2.23. The van der Waals surface area contributed by atoms with E-state index >= 15 is 0 Å². The lowest BCUT2D eigenvalue weighted by Gasteiger charge is -2.10. The van der Waals surface area contributed by atoms with Gasteiger partial charge in [0, 0.05) is 12.1 Å². The van der Waals surface area contributed by atoms with Crippen molar-refractivity contribution in [3.63, 3.8) is 0 Å². The number of alkyl halides is 3. The SMILES string of the molecule is O=S(=O)(NCc1ccccc1F)c1cccc(C(F)(F)F)c1. The van der Waals surface area contributed by atoms with Gasteiger partial charge in [0.15, 0.2) is 0 Å². The van der Waals surface area contributed by atoms with E-state index in [4.69, 9.17) is 0 Å². The monoisotopic (exact) mass is 333 g/mol. The van der Waals surface area contributed by atoms with Crippen molar-refractivity contribution in [2.24, 2.45) is 0 Å². The van der Waals surface area contributed by atoms with Gasteiger partial charge in [-0.3, -0.25) is 0 Å². The average Bonchev–Trinajstić information content (AvgIpc) is 2.46. The molecule has 0 aliphatic carbocycles. The van der Waals surface area contributed by atoms with Crippen LogP contribution in [0.15, 0.2) is 53.4 Å². The van der Waals surface area contributed by atoms with Crippen molar-refractivity contribution in [1.29, 1.82) is 0 Å². The van der Waals surface area contributed by atoms with Gasteiger partial charge in [-0.2, -0.15) is 13.2 Å². The maximum absolute atomic E-state index is 13.4. The summed E-state index contributed by atoms with van der Waals surface area (Å²) in [5.41, 5.74) is -0.973. The first-order valence-electron chi connectivity index (χ1n) is 6.10. The maximum Gasteiger partial charge on any atom is 0.416 e. The quantitative estimate of drug-likeness (QED) is 0.873. The van der Waals surface area contributed by atoms with Crippen molar-refractivity contribution in [2.45, 2.75) is 17.6 Å². The second-order valence-electron chi connectivity index (χ2n) is 4.44. The lowest BCUT2D eigenvalue weighted by molar-refractivity contribution is -0.137. The van der Waals surface area contributed by atoms with Crippen LogP contribution in [-0.4, -0.2) is 8.42 Å². The van der Waals surface area contributed by atoms with Gasteiger partial charge in [0.05, 0.1) is 10.5 Å². The zero-order valence-corrected chi connectivity index (χ0v) is 11.9. The Kier molecular flexibility index (Phi) is 4.52. The first-order valence-corrected chi connectivity index (χ1v) is 7.59. The smallest absolute Gasteiger partial charge is 0.207 e. The summed E-state index contributed by atoms with van der Waals surface area (Å²) in [7, 11) is -4.17. The molecular formula is C14H11F4NO2S. The highest BCUT2D eigenvalue weighted by Gasteiger charge is 2.31. The Bertz CT molecular complexity index is 772. The van der Waals surface area contributed by atoms with Crippen molar-refractivity contribution in [1.82, 2.24) is 4.72 Å². The minimum absolute atomic E-state index is 0.0954. The molecule has 0 bridgehead atoms. The van der Waals surface area contributed by atoms with Gasteiger partial charge in [0.2, 0.25) is 10.0 Å². The van der Waals surface area contributed by atoms with Crippen LogP contribution in [0.3, 0.4) is 0 Å². The molecule has 2 aromatic rings. The molecule has 0 heterocycles. The highest BCUT2D eigenvalue weighted by molar-refractivity contribution is 7.89. The standard InChI is InChI=1S/C14H11F4NO2S/c15-13-7-2-1-4-10(13)9-19-22(20,21)12-6-3-5-11(8-12)14(16,17)18/h1-8,19H,9H2. The summed E-state index contributed by atoms with van der Waals surface area (Å²) in [5.74, 6) is -0.603. The fourth-order valence-electron chi connectivity index (χ4n) is 1.74. The van der Waals surface area contributed by atoms with Crippen LogP contribution >= 0.6 is 0 Å². The Hall–Kier alpha value is -1.93. The third kappa shape index (κ3) is 3.83. The molecule has 0 fully saturated rings. The van der Waals surface area contributed by atoms with Crippen LogP contribution in [0.2, 0.25) is 0 Å². The average molecular weight is 333 g/mol. The first-order chi connectivity index (χ1) is 10.2. The van der Waals surface area contributed by atoms with Gasteiger partial charge >= 0.3 is 6.18 Å². The van der Waals surface area contributed by atoms with E-state index in [0.717, 1.165) is 24.3 Å². The molecular weight excluding hydrogens is 322 g/mol. The number of sulfonamides is 1. The van der Waals surface area contributed by atoms with Crippen LogP contribution in [0, 0.1) is 5.82 Å². The van der Waals surface area contributed by atoms with Crippen LogP contribution in [0.4, 0.5) is 17.6 Å². The molecule has 0 aliphatic rings. The minimum Gasteiger partial charge on any atom is -0.207 e. The first kappa shape index (κ1) is 16.4. The van der Waals surface area contributed by atoms with E-state index in [1.807, 2.05) is 0 Å². The summed E-state index contributed by atoms with van der Waals surface area (Å²) in [6.07, 6.45) is -4.64. The number of halogens is 4. The van der Waals surface area contributed by atoms with E-state index in [9.17, 15) is 26.0 Å². The van der Waals surface area contributed by atoms with Crippen LogP contribution in [0.25, 0.3) is 0 Å². The second-order valence-corrected chi connectivity index (χ2v) is 6.21. The zero-order valence-electron chi connectivity index (χ0n) is 11.1. The third-order valence-electron chi connectivity index (χ3n) is 2.88. The summed E-state index contributed by atoms with van der Waals surface area (Å²) in [6, 6.07) is 8.86. The lowest BCUT2D eigenvalue weighted by atomic mass is 10.2. The highest BCUT2D eigenvalue weighted by Crippen LogP contribution is 2.30. The fourth-order valence-corrected chi connectivity index (χ4v) is 2.79. The molecule has 2 rings (SSSR count). The second kappa shape index (κ2) is 6.05. The molecule has 0 radical (unpaired) electrons. The van der Waals surface area contributed by atoms with Gasteiger partial charge in [-0.05, 0) is 24.3 Å². The van der Waals surface area contributed by atoms with Gasteiger partial charge in [0.1, 0.15) is 5.82 Å². The highest BCUT2D eigenvalue weighted by atomic mass is 32.2. The molecule has 0 spiro atoms. The summed E-state index contributed by atoms with van der Waals surface area (Å²) >= 11 is 0. The molecule has 0 atom stereocenters. The zero-order chi connectivity index (χ0) is 16.4. The van der Waals surface area contributed by atoms with Crippen molar-refractivity contribution < 1.29 is 26.0 Å². The van der Waals surface area contributed by atoms with Gasteiger partial charge in [-0.25, -0.2) is 17.5 Å². The molecule has 0 unspecified atom stereocenters. The lowest BCUT2D eigenvalue weighted by Crippen LogP contribution is -2.24. The molecule has 0 saturated carbocycles. The summed E-state index contributed by atoms with van der Waals surface area (Å²) in [5, 5.41) is 0. The number of hydrogen-bond acceptors (Lipinski definition) is 2. The van der Waals surface area contributed by atoms with Crippen molar-refractivity contribution in [3.8, 4) is 0 Å². The van der Waals surface area contributed by atoms with Gasteiger partial charge < -0.3 is 0 Å². The molecule has 1 N–H and O–H groups in total. The Labute approximate surface area is 124 Å². The van der Waals surface area contributed by atoms with E-state index < -0.39 is 32.5 Å². The molecule has 0 amide bonds. The molecule has 8 heteroatoms. The van der Waals surface area contributed by atoms with Crippen molar-refractivity contribution in [3.05, 3.63) is 65.5 Å². The van der Waals surface area contributed by atoms with Crippen LogP contribution in [0.1, 0.15) is 11.1 Å². The predicted molar refractivity (Wildman–Crippen MR) is 71.9 cm³/mol. The number of hydrogen-bond donors (Lipinski definition) is 1.